The van der Waals surface area contributed by atoms with Gasteiger partial charge in [-0.3, -0.25) is 4.98 Å². The number of halogens is 3. The van der Waals surface area contributed by atoms with Gasteiger partial charge in [0.2, 0.25) is 0 Å². The molecule has 4 nitrogen and oxygen atoms in total. The molecule has 0 amide bonds. The number of nitrogens with two attached hydrogens (primary N) is 1. The minimum atomic E-state index is -2.84. The zero-order chi connectivity index (χ0) is 13.0. The smallest absolute Gasteiger partial charge is 0.341 e. The van der Waals surface area contributed by atoms with Crippen LogP contribution in [-0.2, 0) is 11.3 Å². The van der Waals surface area contributed by atoms with Gasteiger partial charge in [-0.05, 0) is 6.92 Å². The van der Waals surface area contributed by atoms with Gasteiger partial charge >= 0.3 is 5.97 Å². The van der Waals surface area contributed by atoms with Gasteiger partial charge in [-0.15, -0.1) is 0 Å². The Labute approximate surface area is 102 Å². The third-order valence-electron chi connectivity index (χ3n) is 2.04. The summed E-state index contributed by atoms with van der Waals surface area (Å²) in [6.07, 6.45) is -1.75. The summed E-state index contributed by atoms with van der Waals surface area (Å²) in [5, 5.41) is -0.353. The Morgan fingerprint density at radius 3 is 2.76 bits per heavy atom. The second-order valence-electron chi connectivity index (χ2n) is 3.07. The second-order valence-corrected chi connectivity index (χ2v) is 3.45. The molecule has 1 rings (SSSR count). The van der Waals surface area contributed by atoms with Crippen LogP contribution in [-0.4, -0.2) is 17.6 Å². The fourth-order valence-electron chi connectivity index (χ4n) is 1.28. The summed E-state index contributed by atoms with van der Waals surface area (Å²) in [4.78, 5) is 15.1. The number of carbonyl (C=O) groups is 1. The van der Waals surface area contributed by atoms with E-state index in [1.54, 1.807) is 6.92 Å². The van der Waals surface area contributed by atoms with Crippen LogP contribution in [0.25, 0.3) is 0 Å². The summed E-state index contributed by atoms with van der Waals surface area (Å²) in [6, 6.07) is 0. The molecular weight excluding hydrogens is 254 g/mol. The SMILES string of the molecule is CCOC(=O)c1cnc(CN)c(C(F)F)c1Cl. The van der Waals surface area contributed by atoms with Gasteiger partial charge in [0.05, 0.1) is 28.5 Å². The maximum absolute atomic E-state index is 12.8. The number of hydrogen-bond donors (Lipinski definition) is 1. The van der Waals surface area contributed by atoms with E-state index >= 15 is 0 Å². The number of aromatic nitrogens is 1. The van der Waals surface area contributed by atoms with Crippen molar-refractivity contribution >= 4 is 17.6 Å². The zero-order valence-corrected chi connectivity index (χ0v) is 9.80. The lowest BCUT2D eigenvalue weighted by Crippen LogP contribution is -2.12. The first-order valence-corrected chi connectivity index (χ1v) is 5.23. The number of rotatable bonds is 4. The van der Waals surface area contributed by atoms with Crippen LogP contribution < -0.4 is 5.73 Å². The number of ether oxygens (including phenoxy) is 1. The Morgan fingerprint density at radius 2 is 2.29 bits per heavy atom. The van der Waals surface area contributed by atoms with E-state index in [0.717, 1.165) is 6.20 Å². The fraction of sp³-hybridized carbons (Fsp3) is 0.400. The van der Waals surface area contributed by atoms with Crippen LogP contribution in [0.4, 0.5) is 8.78 Å². The predicted octanol–water partition coefficient (Wildman–Crippen LogP) is 2.31. The van der Waals surface area contributed by atoms with Crippen LogP contribution in [0.1, 0.15) is 35.0 Å². The van der Waals surface area contributed by atoms with Crippen molar-refractivity contribution in [2.24, 2.45) is 5.73 Å². The summed E-state index contributed by atoms with van der Waals surface area (Å²) in [5.41, 5.74) is 4.55. The van der Waals surface area contributed by atoms with Crippen LogP contribution in [0.3, 0.4) is 0 Å². The molecule has 1 heterocycles. The number of alkyl halides is 2. The molecule has 1 aromatic rings. The molecule has 0 radical (unpaired) electrons. The molecule has 0 saturated carbocycles. The third-order valence-corrected chi connectivity index (χ3v) is 2.45. The van der Waals surface area contributed by atoms with Gasteiger partial charge in [0.1, 0.15) is 0 Å². The fourth-order valence-corrected chi connectivity index (χ4v) is 1.59. The van der Waals surface area contributed by atoms with E-state index in [1.807, 2.05) is 0 Å². The van der Waals surface area contributed by atoms with E-state index < -0.39 is 18.0 Å². The second kappa shape index (κ2) is 5.88. The summed E-state index contributed by atoms with van der Waals surface area (Å²) in [7, 11) is 0. The molecule has 0 atom stereocenters. The van der Waals surface area contributed by atoms with Gasteiger partial charge in [-0.1, -0.05) is 11.6 Å². The Balaban J connectivity index is 3.27. The van der Waals surface area contributed by atoms with Crippen LogP contribution in [0.15, 0.2) is 6.20 Å². The molecule has 0 bridgehead atoms. The van der Waals surface area contributed by atoms with Crippen LogP contribution in [0, 0.1) is 0 Å². The van der Waals surface area contributed by atoms with Crippen LogP contribution in [0.2, 0.25) is 5.02 Å². The number of hydrogen-bond acceptors (Lipinski definition) is 4. The maximum atomic E-state index is 12.8. The first-order valence-electron chi connectivity index (χ1n) is 4.85. The van der Waals surface area contributed by atoms with Gasteiger partial charge in [-0.2, -0.15) is 0 Å². The van der Waals surface area contributed by atoms with Crippen molar-refractivity contribution in [1.82, 2.24) is 4.98 Å². The zero-order valence-electron chi connectivity index (χ0n) is 9.04. The lowest BCUT2D eigenvalue weighted by molar-refractivity contribution is 0.0525. The monoisotopic (exact) mass is 264 g/mol. The minimum absolute atomic E-state index is 0.0296. The van der Waals surface area contributed by atoms with Crippen molar-refractivity contribution in [1.29, 1.82) is 0 Å². The van der Waals surface area contributed by atoms with Gasteiger partial charge < -0.3 is 10.5 Å². The predicted molar refractivity (Wildman–Crippen MR) is 58.1 cm³/mol. The van der Waals surface area contributed by atoms with E-state index in [2.05, 4.69) is 9.72 Å². The molecule has 0 unspecified atom stereocenters. The molecule has 0 spiro atoms. The molecule has 2 N–H and O–H groups in total. The lowest BCUT2D eigenvalue weighted by atomic mass is 10.1. The molecule has 0 aliphatic carbocycles. The molecule has 17 heavy (non-hydrogen) atoms. The topological polar surface area (TPSA) is 65.2 Å². The number of carbonyl (C=O) groups excluding carboxylic acids is 1. The molecule has 0 aromatic carbocycles. The molecule has 94 valence electrons. The molecular formula is C10H11ClF2N2O2. The molecule has 7 heteroatoms. The quantitative estimate of drug-likeness (QED) is 0.848. The number of pyridine rings is 1. The van der Waals surface area contributed by atoms with Crippen molar-refractivity contribution in [3.63, 3.8) is 0 Å². The summed E-state index contributed by atoms with van der Waals surface area (Å²) < 4.78 is 30.2. The first kappa shape index (κ1) is 13.8. The highest BCUT2D eigenvalue weighted by molar-refractivity contribution is 6.34. The minimum Gasteiger partial charge on any atom is -0.462 e. The number of esters is 1. The van der Waals surface area contributed by atoms with Gasteiger partial charge in [0.15, 0.2) is 0 Å². The largest absolute Gasteiger partial charge is 0.462 e. The average molecular weight is 265 g/mol. The van der Waals surface area contributed by atoms with E-state index in [0.29, 0.717) is 0 Å². The summed E-state index contributed by atoms with van der Waals surface area (Å²) in [5.74, 6) is -0.782. The normalized spacial score (nSPS) is 10.7. The Morgan fingerprint density at radius 1 is 1.65 bits per heavy atom. The molecule has 0 saturated heterocycles. The molecule has 0 aliphatic heterocycles. The molecule has 0 fully saturated rings. The molecule has 0 aliphatic rings. The molecule has 1 aromatic heterocycles. The van der Waals surface area contributed by atoms with Gasteiger partial charge in [0, 0.05) is 12.7 Å². The Bertz CT molecular complexity index is 427. The van der Waals surface area contributed by atoms with Gasteiger partial charge in [0.25, 0.3) is 6.43 Å². The first-order chi connectivity index (χ1) is 8.02. The average Bonchev–Trinajstić information content (AvgIpc) is 2.27. The highest BCUT2D eigenvalue weighted by atomic mass is 35.5. The summed E-state index contributed by atoms with van der Waals surface area (Å²) >= 11 is 5.74. The maximum Gasteiger partial charge on any atom is 0.341 e. The number of nitrogens with zero attached hydrogens (tertiary/aromatic N) is 1. The lowest BCUT2D eigenvalue weighted by Gasteiger charge is -2.11. The van der Waals surface area contributed by atoms with Crippen molar-refractivity contribution in [3.05, 3.63) is 28.0 Å². The standard InChI is InChI=1S/C10H11ClF2N2O2/c1-2-17-10(16)5-4-15-6(3-14)7(8(5)11)9(12)13/h4,9H,2-3,14H2,1H3. The van der Waals surface area contributed by atoms with E-state index in [1.165, 1.54) is 0 Å². The highest BCUT2D eigenvalue weighted by Crippen LogP contribution is 2.32. The van der Waals surface area contributed by atoms with E-state index in [4.69, 9.17) is 17.3 Å². The van der Waals surface area contributed by atoms with Crippen LogP contribution in [0.5, 0.6) is 0 Å². The van der Waals surface area contributed by atoms with Crippen molar-refractivity contribution in [2.45, 2.75) is 19.9 Å². The van der Waals surface area contributed by atoms with Crippen molar-refractivity contribution < 1.29 is 18.3 Å². The van der Waals surface area contributed by atoms with Gasteiger partial charge in [-0.25, -0.2) is 13.6 Å². The van der Waals surface area contributed by atoms with E-state index in [-0.39, 0.29) is 29.4 Å². The van der Waals surface area contributed by atoms with E-state index in [9.17, 15) is 13.6 Å². The third kappa shape index (κ3) is 2.89. The van der Waals surface area contributed by atoms with Crippen molar-refractivity contribution in [3.8, 4) is 0 Å². The highest BCUT2D eigenvalue weighted by Gasteiger charge is 2.23. The van der Waals surface area contributed by atoms with Crippen LogP contribution >= 0.6 is 11.6 Å². The summed E-state index contributed by atoms with van der Waals surface area (Å²) in [6.45, 7) is 1.54. The Kier molecular flexibility index (Phi) is 4.77. The Hall–Kier alpha value is -1.27. The van der Waals surface area contributed by atoms with Crippen molar-refractivity contribution in [2.75, 3.05) is 6.61 Å².